The van der Waals surface area contributed by atoms with E-state index in [0.29, 0.717) is 25.1 Å². The summed E-state index contributed by atoms with van der Waals surface area (Å²) in [6.45, 7) is 2.93. The summed E-state index contributed by atoms with van der Waals surface area (Å²) in [6, 6.07) is 21.1. The number of furan rings is 1. The summed E-state index contributed by atoms with van der Waals surface area (Å²) in [4.78, 5) is 26.6. The number of amides is 2. The standard InChI is InChI=1S/C24H26N2O3/c1-18(20-7-4-3-5-8-20)15-23(27)26(17-22-9-6-14-29-22)16-19-10-12-21(13-11-19)24(28)25-2/h3-14,18H,15-17H2,1-2H3,(H,25,28)/t18-/m0/s1. The van der Waals surface area contributed by atoms with Crippen LogP contribution in [0.25, 0.3) is 0 Å². The molecular formula is C24H26N2O3. The van der Waals surface area contributed by atoms with Crippen LogP contribution in [0.5, 0.6) is 0 Å². The van der Waals surface area contributed by atoms with Crippen LogP contribution in [0.1, 0.15) is 46.5 Å². The van der Waals surface area contributed by atoms with Crippen LogP contribution in [0.15, 0.2) is 77.4 Å². The molecule has 3 rings (SSSR count). The lowest BCUT2D eigenvalue weighted by atomic mass is 9.97. The second-order valence-corrected chi connectivity index (χ2v) is 7.12. The number of carbonyl (C=O) groups excluding carboxylic acids is 2. The van der Waals surface area contributed by atoms with Gasteiger partial charge in [0.05, 0.1) is 12.8 Å². The van der Waals surface area contributed by atoms with Crippen molar-refractivity contribution < 1.29 is 14.0 Å². The summed E-state index contributed by atoms with van der Waals surface area (Å²) in [5.41, 5.74) is 2.71. The SMILES string of the molecule is CNC(=O)c1ccc(CN(Cc2ccco2)C(=O)C[C@H](C)c2ccccc2)cc1. The number of hydrogen-bond acceptors (Lipinski definition) is 3. The van der Waals surface area contributed by atoms with E-state index in [2.05, 4.69) is 12.2 Å². The van der Waals surface area contributed by atoms with E-state index in [0.717, 1.165) is 16.9 Å². The van der Waals surface area contributed by atoms with E-state index in [-0.39, 0.29) is 17.7 Å². The molecule has 5 heteroatoms. The zero-order valence-corrected chi connectivity index (χ0v) is 16.8. The lowest BCUT2D eigenvalue weighted by molar-refractivity contribution is -0.133. The molecule has 1 atom stereocenters. The van der Waals surface area contributed by atoms with Crippen molar-refractivity contribution in [3.05, 3.63) is 95.4 Å². The molecule has 2 amide bonds. The van der Waals surface area contributed by atoms with Crippen molar-refractivity contribution in [1.29, 1.82) is 0 Å². The van der Waals surface area contributed by atoms with E-state index in [1.165, 1.54) is 0 Å². The lowest BCUT2D eigenvalue weighted by Crippen LogP contribution is -2.30. The van der Waals surface area contributed by atoms with Crippen molar-refractivity contribution in [1.82, 2.24) is 10.2 Å². The van der Waals surface area contributed by atoms with Crippen molar-refractivity contribution in [2.75, 3.05) is 7.05 Å². The van der Waals surface area contributed by atoms with E-state index in [9.17, 15) is 9.59 Å². The molecule has 150 valence electrons. The highest BCUT2D eigenvalue weighted by atomic mass is 16.3. The van der Waals surface area contributed by atoms with Gasteiger partial charge >= 0.3 is 0 Å². The molecule has 0 aliphatic carbocycles. The summed E-state index contributed by atoms with van der Waals surface area (Å²) in [6.07, 6.45) is 2.03. The molecule has 5 nitrogen and oxygen atoms in total. The van der Waals surface area contributed by atoms with E-state index in [1.807, 2.05) is 54.6 Å². The fourth-order valence-corrected chi connectivity index (χ4v) is 3.24. The van der Waals surface area contributed by atoms with E-state index < -0.39 is 0 Å². The van der Waals surface area contributed by atoms with Gasteiger partial charge in [0.1, 0.15) is 5.76 Å². The largest absolute Gasteiger partial charge is 0.467 e. The molecule has 0 aliphatic rings. The highest BCUT2D eigenvalue weighted by Gasteiger charge is 2.19. The minimum absolute atomic E-state index is 0.0631. The molecule has 0 saturated carbocycles. The van der Waals surface area contributed by atoms with Gasteiger partial charge in [0, 0.05) is 25.6 Å². The van der Waals surface area contributed by atoms with Crippen molar-refractivity contribution >= 4 is 11.8 Å². The number of hydrogen-bond donors (Lipinski definition) is 1. The fraction of sp³-hybridized carbons (Fsp3) is 0.250. The Labute approximate surface area is 171 Å². The molecule has 0 fully saturated rings. The van der Waals surface area contributed by atoms with Crippen LogP contribution < -0.4 is 5.32 Å². The number of nitrogens with one attached hydrogen (secondary N) is 1. The van der Waals surface area contributed by atoms with Gasteiger partial charge in [0.2, 0.25) is 5.91 Å². The molecule has 2 aromatic carbocycles. The van der Waals surface area contributed by atoms with Gasteiger partial charge in [-0.1, -0.05) is 49.4 Å². The summed E-state index contributed by atoms with van der Waals surface area (Å²) < 4.78 is 5.46. The minimum Gasteiger partial charge on any atom is -0.467 e. The smallest absolute Gasteiger partial charge is 0.251 e. The van der Waals surface area contributed by atoms with E-state index >= 15 is 0 Å². The van der Waals surface area contributed by atoms with Crippen LogP contribution in [-0.4, -0.2) is 23.8 Å². The topological polar surface area (TPSA) is 62.6 Å². The number of nitrogens with zero attached hydrogens (tertiary/aromatic N) is 1. The van der Waals surface area contributed by atoms with Crippen LogP contribution in [-0.2, 0) is 17.9 Å². The molecular weight excluding hydrogens is 364 g/mol. The maximum atomic E-state index is 13.1. The molecule has 29 heavy (non-hydrogen) atoms. The van der Waals surface area contributed by atoms with Crippen molar-refractivity contribution in [3.63, 3.8) is 0 Å². The predicted molar refractivity (Wildman–Crippen MR) is 112 cm³/mol. The Morgan fingerprint density at radius 3 is 2.31 bits per heavy atom. The van der Waals surface area contributed by atoms with Gasteiger partial charge in [-0.2, -0.15) is 0 Å². The van der Waals surface area contributed by atoms with Gasteiger partial charge in [-0.15, -0.1) is 0 Å². The lowest BCUT2D eigenvalue weighted by Gasteiger charge is -2.24. The van der Waals surface area contributed by atoms with Gasteiger partial charge < -0.3 is 14.6 Å². The zero-order chi connectivity index (χ0) is 20.6. The summed E-state index contributed by atoms with van der Waals surface area (Å²) in [7, 11) is 1.61. The van der Waals surface area contributed by atoms with Crippen LogP contribution in [0, 0.1) is 0 Å². The van der Waals surface area contributed by atoms with Crippen LogP contribution in [0.4, 0.5) is 0 Å². The third-order valence-electron chi connectivity index (χ3n) is 4.95. The number of rotatable bonds is 8. The molecule has 0 radical (unpaired) electrons. The normalized spacial score (nSPS) is 11.7. The quantitative estimate of drug-likeness (QED) is 0.622. The molecule has 0 saturated heterocycles. The van der Waals surface area contributed by atoms with Gasteiger partial charge in [-0.25, -0.2) is 0 Å². The zero-order valence-electron chi connectivity index (χ0n) is 16.8. The Morgan fingerprint density at radius 2 is 1.69 bits per heavy atom. The Bertz CT molecular complexity index is 919. The van der Waals surface area contributed by atoms with Gasteiger partial charge in [0.25, 0.3) is 5.91 Å². The molecule has 1 N–H and O–H groups in total. The Hall–Kier alpha value is -3.34. The highest BCUT2D eigenvalue weighted by Crippen LogP contribution is 2.21. The summed E-state index contributed by atoms with van der Waals surface area (Å²) in [5.74, 6) is 0.802. The highest BCUT2D eigenvalue weighted by molar-refractivity contribution is 5.93. The molecule has 1 aromatic heterocycles. The second-order valence-electron chi connectivity index (χ2n) is 7.12. The molecule has 0 aliphatic heterocycles. The monoisotopic (exact) mass is 390 g/mol. The van der Waals surface area contributed by atoms with Gasteiger partial charge in [0.15, 0.2) is 0 Å². The number of benzene rings is 2. The van der Waals surface area contributed by atoms with Crippen LogP contribution in [0.2, 0.25) is 0 Å². The molecule has 1 heterocycles. The second kappa shape index (κ2) is 9.73. The van der Waals surface area contributed by atoms with E-state index in [1.54, 1.807) is 30.3 Å². The van der Waals surface area contributed by atoms with Crippen molar-refractivity contribution in [2.45, 2.75) is 32.4 Å². The minimum atomic E-state index is -0.128. The van der Waals surface area contributed by atoms with E-state index in [4.69, 9.17) is 4.42 Å². The molecule has 0 bridgehead atoms. The Kier molecular flexibility index (Phi) is 6.85. The summed E-state index contributed by atoms with van der Waals surface area (Å²) in [5, 5.41) is 2.61. The first kappa shape index (κ1) is 20.4. The Balaban J connectivity index is 1.73. The first-order valence-electron chi connectivity index (χ1n) is 9.73. The molecule has 0 spiro atoms. The van der Waals surface area contributed by atoms with Crippen LogP contribution in [0.3, 0.4) is 0 Å². The maximum absolute atomic E-state index is 13.1. The third kappa shape index (κ3) is 5.57. The van der Waals surface area contributed by atoms with Gasteiger partial charge in [-0.3, -0.25) is 9.59 Å². The van der Waals surface area contributed by atoms with Gasteiger partial charge in [-0.05, 0) is 41.3 Å². The molecule has 3 aromatic rings. The Morgan fingerprint density at radius 1 is 0.966 bits per heavy atom. The average molecular weight is 390 g/mol. The van der Waals surface area contributed by atoms with Crippen molar-refractivity contribution in [3.8, 4) is 0 Å². The maximum Gasteiger partial charge on any atom is 0.251 e. The summed E-state index contributed by atoms with van der Waals surface area (Å²) >= 11 is 0. The first-order valence-corrected chi connectivity index (χ1v) is 9.73. The molecule has 0 unspecified atom stereocenters. The number of carbonyl (C=O) groups is 2. The third-order valence-corrected chi connectivity index (χ3v) is 4.95. The predicted octanol–water partition coefficient (Wildman–Crippen LogP) is 4.36. The first-order chi connectivity index (χ1) is 14.1. The van der Waals surface area contributed by atoms with Crippen molar-refractivity contribution in [2.24, 2.45) is 0 Å². The fourth-order valence-electron chi connectivity index (χ4n) is 3.24. The average Bonchev–Trinajstić information content (AvgIpc) is 3.27. The van der Waals surface area contributed by atoms with Crippen LogP contribution >= 0.6 is 0 Å².